The first-order valence-electron chi connectivity index (χ1n) is 5.76. The van der Waals surface area contributed by atoms with Gasteiger partial charge in [-0.25, -0.2) is 0 Å². The number of aryl methyl sites for hydroxylation is 1. The molecule has 0 bridgehead atoms. The van der Waals surface area contributed by atoms with Gasteiger partial charge in [-0.2, -0.15) is 5.10 Å². The first-order chi connectivity index (χ1) is 7.65. The zero-order chi connectivity index (χ0) is 12.0. The van der Waals surface area contributed by atoms with Crippen LogP contribution in [-0.2, 0) is 6.54 Å². The molecule has 0 spiro atoms. The Kier molecular flexibility index (Phi) is 5.77. The molecule has 0 radical (unpaired) electrons. The van der Waals surface area contributed by atoms with Gasteiger partial charge in [0, 0.05) is 12.6 Å². The van der Waals surface area contributed by atoms with E-state index in [-0.39, 0.29) is 0 Å². The topological polar surface area (TPSA) is 29.9 Å². The third kappa shape index (κ3) is 4.10. The van der Waals surface area contributed by atoms with Crippen molar-refractivity contribution in [3.63, 3.8) is 0 Å². The van der Waals surface area contributed by atoms with Crippen molar-refractivity contribution < 1.29 is 0 Å². The van der Waals surface area contributed by atoms with Gasteiger partial charge < -0.3 is 5.32 Å². The van der Waals surface area contributed by atoms with Crippen LogP contribution in [0.3, 0.4) is 0 Å². The molecule has 0 saturated carbocycles. The molecule has 3 nitrogen and oxygen atoms in total. The highest BCUT2D eigenvalue weighted by molar-refractivity contribution is 9.10. The van der Waals surface area contributed by atoms with Crippen LogP contribution in [0.15, 0.2) is 16.7 Å². The average molecular weight is 286 g/mol. The largest absolute Gasteiger partial charge is 0.314 e. The van der Waals surface area contributed by atoms with Crippen molar-refractivity contribution in [1.29, 1.82) is 0 Å². The molecule has 0 aromatic carbocycles. The third-order valence-electron chi connectivity index (χ3n) is 2.27. The second kappa shape index (κ2) is 6.86. The van der Waals surface area contributed by atoms with Gasteiger partial charge in [-0.3, -0.25) is 4.68 Å². The Balaban J connectivity index is 2.46. The van der Waals surface area contributed by atoms with E-state index >= 15 is 0 Å². The lowest BCUT2D eigenvalue weighted by Gasteiger charge is -2.05. The van der Waals surface area contributed by atoms with Gasteiger partial charge >= 0.3 is 0 Å². The van der Waals surface area contributed by atoms with Crippen molar-refractivity contribution in [2.45, 2.75) is 39.8 Å². The lowest BCUT2D eigenvalue weighted by Crippen LogP contribution is -2.23. The van der Waals surface area contributed by atoms with Gasteiger partial charge in [0.25, 0.3) is 0 Å². The Morgan fingerprint density at radius 3 is 2.94 bits per heavy atom. The molecule has 0 aliphatic rings. The quantitative estimate of drug-likeness (QED) is 0.814. The van der Waals surface area contributed by atoms with Gasteiger partial charge in [0.1, 0.15) is 0 Å². The van der Waals surface area contributed by atoms with E-state index in [9.17, 15) is 0 Å². The van der Waals surface area contributed by atoms with Gasteiger partial charge in [-0.15, -0.1) is 0 Å². The summed E-state index contributed by atoms with van der Waals surface area (Å²) in [5.74, 6) is 0. The first-order valence-corrected chi connectivity index (χ1v) is 6.55. The predicted octanol–water partition coefficient (Wildman–Crippen LogP) is 3.07. The Morgan fingerprint density at radius 1 is 1.56 bits per heavy atom. The standard InChI is InChI=1S/C12H20BrN3/c1-4-16-12(11(13)9-15-16)7-5-6-8-14-10(2)3/h5,7,9-10,14H,4,6,8H2,1-3H3/b7-5+. The van der Waals surface area contributed by atoms with Crippen LogP contribution < -0.4 is 5.32 Å². The minimum absolute atomic E-state index is 0.557. The summed E-state index contributed by atoms with van der Waals surface area (Å²) in [6.45, 7) is 8.33. The van der Waals surface area contributed by atoms with Crippen molar-refractivity contribution in [3.05, 3.63) is 22.4 Å². The lowest BCUT2D eigenvalue weighted by atomic mass is 10.3. The summed E-state index contributed by atoms with van der Waals surface area (Å²) in [5, 5.41) is 7.65. The molecule has 0 amide bonds. The van der Waals surface area contributed by atoms with Gasteiger partial charge in [-0.1, -0.05) is 19.9 Å². The second-order valence-corrected chi connectivity index (χ2v) is 4.85. The summed E-state index contributed by atoms with van der Waals surface area (Å²) in [5.41, 5.74) is 1.15. The number of halogens is 1. The van der Waals surface area contributed by atoms with Gasteiger partial charge in [-0.05, 0) is 41.9 Å². The van der Waals surface area contributed by atoms with E-state index in [4.69, 9.17) is 0 Å². The van der Waals surface area contributed by atoms with Crippen molar-refractivity contribution >= 4 is 22.0 Å². The van der Waals surface area contributed by atoms with E-state index in [1.165, 1.54) is 0 Å². The zero-order valence-electron chi connectivity index (χ0n) is 10.2. The van der Waals surface area contributed by atoms with E-state index in [1.54, 1.807) is 0 Å². The first kappa shape index (κ1) is 13.5. The lowest BCUT2D eigenvalue weighted by molar-refractivity contribution is 0.595. The SMILES string of the molecule is CCn1ncc(Br)c1/C=C/CCNC(C)C. The maximum absolute atomic E-state index is 4.26. The Hall–Kier alpha value is -0.610. The Bertz CT molecular complexity index is 342. The molecule has 16 heavy (non-hydrogen) atoms. The van der Waals surface area contributed by atoms with Gasteiger partial charge in [0.15, 0.2) is 0 Å². The van der Waals surface area contributed by atoms with Crippen LogP contribution in [0.25, 0.3) is 6.08 Å². The molecule has 1 aromatic rings. The highest BCUT2D eigenvalue weighted by Gasteiger charge is 2.02. The van der Waals surface area contributed by atoms with Crippen LogP contribution in [-0.4, -0.2) is 22.4 Å². The highest BCUT2D eigenvalue weighted by atomic mass is 79.9. The fourth-order valence-corrected chi connectivity index (χ4v) is 1.87. The van der Waals surface area contributed by atoms with E-state index in [0.717, 1.165) is 29.7 Å². The van der Waals surface area contributed by atoms with E-state index in [2.05, 4.69) is 59.3 Å². The zero-order valence-corrected chi connectivity index (χ0v) is 11.8. The maximum atomic E-state index is 4.26. The monoisotopic (exact) mass is 285 g/mol. The van der Waals surface area contributed by atoms with Crippen molar-refractivity contribution in [2.24, 2.45) is 0 Å². The van der Waals surface area contributed by atoms with Crippen LogP contribution in [0, 0.1) is 0 Å². The Morgan fingerprint density at radius 2 is 2.31 bits per heavy atom. The molecule has 0 unspecified atom stereocenters. The van der Waals surface area contributed by atoms with Gasteiger partial charge in [0.2, 0.25) is 0 Å². The van der Waals surface area contributed by atoms with Crippen LogP contribution in [0.2, 0.25) is 0 Å². The molecular weight excluding hydrogens is 266 g/mol. The summed E-state index contributed by atoms with van der Waals surface area (Å²) >= 11 is 3.50. The van der Waals surface area contributed by atoms with Crippen LogP contribution in [0.5, 0.6) is 0 Å². The van der Waals surface area contributed by atoms with Crippen LogP contribution in [0.1, 0.15) is 32.9 Å². The molecular formula is C12H20BrN3. The summed E-state index contributed by atoms with van der Waals surface area (Å²) in [4.78, 5) is 0. The molecule has 1 aromatic heterocycles. The molecule has 0 fully saturated rings. The van der Waals surface area contributed by atoms with E-state index in [0.29, 0.717) is 6.04 Å². The van der Waals surface area contributed by atoms with Crippen LogP contribution >= 0.6 is 15.9 Å². The van der Waals surface area contributed by atoms with Crippen molar-refractivity contribution in [3.8, 4) is 0 Å². The van der Waals surface area contributed by atoms with E-state index < -0.39 is 0 Å². The van der Waals surface area contributed by atoms with Crippen molar-refractivity contribution in [2.75, 3.05) is 6.54 Å². The summed E-state index contributed by atoms with van der Waals surface area (Å²) in [6.07, 6.45) is 7.20. The molecule has 0 atom stereocenters. The smallest absolute Gasteiger partial charge is 0.0748 e. The summed E-state index contributed by atoms with van der Waals surface area (Å²) in [7, 11) is 0. The molecule has 0 aliphatic carbocycles. The number of hydrogen-bond acceptors (Lipinski definition) is 2. The molecule has 1 N–H and O–H groups in total. The van der Waals surface area contributed by atoms with Crippen molar-refractivity contribution in [1.82, 2.24) is 15.1 Å². The number of aromatic nitrogens is 2. The number of nitrogens with zero attached hydrogens (tertiary/aromatic N) is 2. The molecule has 1 rings (SSSR count). The average Bonchev–Trinajstić information content (AvgIpc) is 2.59. The maximum Gasteiger partial charge on any atom is 0.0748 e. The second-order valence-electron chi connectivity index (χ2n) is 3.99. The fourth-order valence-electron chi connectivity index (χ4n) is 1.44. The Labute approximate surface area is 106 Å². The van der Waals surface area contributed by atoms with E-state index in [1.807, 2.05) is 10.9 Å². The minimum atomic E-state index is 0.557. The normalized spacial score (nSPS) is 11.8. The third-order valence-corrected chi connectivity index (χ3v) is 2.88. The number of hydrogen-bond donors (Lipinski definition) is 1. The fraction of sp³-hybridized carbons (Fsp3) is 0.583. The number of rotatable bonds is 6. The molecule has 0 aliphatic heterocycles. The summed E-state index contributed by atoms with van der Waals surface area (Å²) in [6, 6.07) is 0.557. The van der Waals surface area contributed by atoms with Gasteiger partial charge in [0.05, 0.1) is 16.4 Å². The summed E-state index contributed by atoms with van der Waals surface area (Å²) < 4.78 is 3.04. The molecule has 0 saturated heterocycles. The van der Waals surface area contributed by atoms with Crippen LogP contribution in [0.4, 0.5) is 0 Å². The minimum Gasteiger partial charge on any atom is -0.314 e. The molecule has 1 heterocycles. The highest BCUT2D eigenvalue weighted by Crippen LogP contribution is 2.17. The molecule has 90 valence electrons. The molecule has 4 heteroatoms. The number of nitrogens with one attached hydrogen (secondary N) is 1. The predicted molar refractivity (Wildman–Crippen MR) is 72.4 cm³/mol.